The van der Waals surface area contributed by atoms with E-state index in [1.165, 1.54) is 25.1 Å². The summed E-state index contributed by atoms with van der Waals surface area (Å²) < 4.78 is 5.85. The molecule has 1 aliphatic carbocycles. The summed E-state index contributed by atoms with van der Waals surface area (Å²) >= 11 is 6.79. The number of ether oxygens (including phenoxy) is 1. The molecule has 7 heteroatoms. The van der Waals surface area contributed by atoms with Gasteiger partial charge in [-0.05, 0) is 49.5 Å². The van der Waals surface area contributed by atoms with E-state index in [2.05, 4.69) is 16.9 Å². The Labute approximate surface area is 212 Å². The predicted molar refractivity (Wildman–Crippen MR) is 140 cm³/mol. The van der Waals surface area contributed by atoms with Gasteiger partial charge in [0.2, 0.25) is 5.43 Å². The lowest BCUT2D eigenvalue weighted by molar-refractivity contribution is 0.0498. The van der Waals surface area contributed by atoms with Gasteiger partial charge in [0.05, 0.1) is 6.17 Å². The Bertz CT molecular complexity index is 1060. The Kier molecular flexibility index (Phi) is 8.69. The van der Waals surface area contributed by atoms with Crippen LogP contribution in [-0.2, 0) is 6.61 Å². The highest BCUT2D eigenvalue weighted by Crippen LogP contribution is 2.38. The molecule has 1 saturated heterocycles. The second-order valence-electron chi connectivity index (χ2n) is 9.77. The Balaban J connectivity index is 1.51. The average molecular weight is 498 g/mol. The number of nitrogens with one attached hydrogen (secondary N) is 2. The molecule has 0 bridgehead atoms. The topological polar surface area (TPSA) is 74.4 Å². The number of aromatic nitrogens is 1. The fourth-order valence-corrected chi connectivity index (χ4v) is 6.02. The average Bonchev–Trinajstić information content (AvgIpc) is 2.88. The van der Waals surface area contributed by atoms with Crippen LogP contribution in [0.4, 0.5) is 0 Å². The van der Waals surface area contributed by atoms with Crippen LogP contribution in [0.25, 0.3) is 0 Å². The van der Waals surface area contributed by atoms with Gasteiger partial charge in [-0.3, -0.25) is 14.9 Å². The molecule has 1 amide bonds. The van der Waals surface area contributed by atoms with E-state index in [4.69, 9.17) is 16.3 Å². The molecule has 5 unspecified atom stereocenters. The summed E-state index contributed by atoms with van der Waals surface area (Å²) in [6, 6.07) is 11.2. The molecular formula is C28H36ClN3O3. The second-order valence-corrected chi connectivity index (χ2v) is 10.3. The first-order valence-corrected chi connectivity index (χ1v) is 13.1. The minimum absolute atomic E-state index is 0.0539. The van der Waals surface area contributed by atoms with Gasteiger partial charge in [0.25, 0.3) is 5.91 Å². The summed E-state index contributed by atoms with van der Waals surface area (Å²) in [6.45, 7) is 4.17. The van der Waals surface area contributed by atoms with Gasteiger partial charge in [-0.25, -0.2) is 0 Å². The van der Waals surface area contributed by atoms with Gasteiger partial charge in [-0.2, -0.15) is 0 Å². The zero-order chi connectivity index (χ0) is 24.8. The molecule has 5 atom stereocenters. The van der Waals surface area contributed by atoms with Crippen LogP contribution in [0, 0.1) is 11.8 Å². The van der Waals surface area contributed by atoms with Crippen molar-refractivity contribution in [1.82, 2.24) is 15.2 Å². The van der Waals surface area contributed by atoms with Crippen molar-refractivity contribution in [2.24, 2.45) is 11.8 Å². The molecule has 6 nitrogen and oxygen atoms in total. The number of piperidine rings is 1. The Hall–Kier alpha value is -2.57. The lowest BCUT2D eigenvalue weighted by atomic mass is 9.74. The van der Waals surface area contributed by atoms with Crippen LogP contribution >= 0.6 is 11.6 Å². The summed E-state index contributed by atoms with van der Waals surface area (Å²) in [6.07, 6.45) is 10.6. The largest absolute Gasteiger partial charge is 0.483 e. The second kappa shape index (κ2) is 11.9. The van der Waals surface area contributed by atoms with E-state index in [0.29, 0.717) is 11.8 Å². The van der Waals surface area contributed by atoms with Crippen LogP contribution in [0.5, 0.6) is 5.75 Å². The lowest BCUT2D eigenvalue weighted by Gasteiger charge is -2.46. The normalized spacial score (nSPS) is 26.6. The standard InChI is InChI=1S/C28H36ClN3O3/c1-3-9-20-14-15-24(31-25(20)21-12-7-8-13-22(21)29)32(2)28(34)26-27(23(33)16-17-30-26)35-18-19-10-5-4-6-11-19/h3-6,10-11,16-17,20-22,24-25,31H,1,7-9,12-15,18H2,2H3,(H,30,33). The van der Waals surface area contributed by atoms with Gasteiger partial charge < -0.3 is 14.6 Å². The van der Waals surface area contributed by atoms with Gasteiger partial charge in [0, 0.05) is 30.7 Å². The number of carbonyl (C=O) groups is 1. The molecule has 2 N–H and O–H groups in total. The van der Waals surface area contributed by atoms with E-state index in [-0.39, 0.29) is 47.0 Å². The number of aromatic amines is 1. The quantitative estimate of drug-likeness (QED) is 0.393. The number of hydrogen-bond donors (Lipinski definition) is 2. The first kappa shape index (κ1) is 25.5. The number of carbonyl (C=O) groups excluding carboxylic acids is 1. The van der Waals surface area contributed by atoms with E-state index in [0.717, 1.165) is 37.7 Å². The minimum Gasteiger partial charge on any atom is -0.483 e. The third-order valence-electron chi connectivity index (χ3n) is 7.51. The molecule has 188 valence electrons. The van der Waals surface area contributed by atoms with E-state index >= 15 is 0 Å². The smallest absolute Gasteiger partial charge is 0.275 e. The first-order chi connectivity index (χ1) is 17.0. The number of rotatable bonds is 8. The van der Waals surface area contributed by atoms with Crippen molar-refractivity contribution >= 4 is 17.5 Å². The van der Waals surface area contributed by atoms with Crippen LogP contribution in [0.3, 0.4) is 0 Å². The Morgan fingerprint density at radius 2 is 1.94 bits per heavy atom. The summed E-state index contributed by atoms with van der Waals surface area (Å²) in [4.78, 5) is 30.9. The highest BCUT2D eigenvalue weighted by Gasteiger charge is 2.40. The fourth-order valence-electron chi connectivity index (χ4n) is 5.58. The highest BCUT2D eigenvalue weighted by molar-refractivity contribution is 6.20. The third-order valence-corrected chi connectivity index (χ3v) is 8.05. The van der Waals surface area contributed by atoms with Crippen molar-refractivity contribution in [3.8, 4) is 5.75 Å². The van der Waals surface area contributed by atoms with Crippen molar-refractivity contribution in [3.05, 3.63) is 76.7 Å². The predicted octanol–water partition coefficient (Wildman–Crippen LogP) is 5.09. The van der Waals surface area contributed by atoms with E-state index in [9.17, 15) is 9.59 Å². The van der Waals surface area contributed by atoms with Crippen molar-refractivity contribution in [1.29, 1.82) is 0 Å². The van der Waals surface area contributed by atoms with Crippen LogP contribution in [0.2, 0.25) is 0 Å². The Morgan fingerprint density at radius 1 is 1.17 bits per heavy atom. The number of nitrogens with zero attached hydrogens (tertiary/aromatic N) is 1. The number of H-pyrrole nitrogens is 1. The van der Waals surface area contributed by atoms with Gasteiger partial charge in [-0.1, -0.05) is 49.2 Å². The maximum absolute atomic E-state index is 13.6. The fraction of sp³-hybridized carbons (Fsp3) is 0.500. The van der Waals surface area contributed by atoms with Crippen LogP contribution in [0.15, 0.2) is 60.0 Å². The third kappa shape index (κ3) is 5.99. The van der Waals surface area contributed by atoms with Gasteiger partial charge >= 0.3 is 0 Å². The molecule has 1 aliphatic heterocycles. The maximum Gasteiger partial charge on any atom is 0.275 e. The number of amides is 1. The minimum atomic E-state index is -0.316. The highest BCUT2D eigenvalue weighted by atomic mass is 35.5. The zero-order valence-electron chi connectivity index (χ0n) is 20.4. The van der Waals surface area contributed by atoms with E-state index in [1.807, 2.05) is 36.4 Å². The molecule has 0 spiro atoms. The molecule has 2 fully saturated rings. The number of hydrogen-bond acceptors (Lipinski definition) is 4. The van der Waals surface area contributed by atoms with Crippen LogP contribution in [-0.4, -0.2) is 40.4 Å². The molecule has 2 aliphatic rings. The zero-order valence-corrected chi connectivity index (χ0v) is 21.2. The SMILES string of the molecule is C=CCC1CCC(N(C)C(=O)c2[nH]ccc(=O)c2OCc2ccccc2)NC1C1CCCCC1Cl. The monoisotopic (exact) mass is 497 g/mol. The molecule has 2 aromatic rings. The molecule has 0 radical (unpaired) electrons. The lowest BCUT2D eigenvalue weighted by Crippen LogP contribution is -2.59. The number of pyridine rings is 1. The molecular weight excluding hydrogens is 462 g/mol. The van der Waals surface area contributed by atoms with Crippen molar-refractivity contribution < 1.29 is 9.53 Å². The number of alkyl halides is 1. The molecule has 35 heavy (non-hydrogen) atoms. The van der Waals surface area contributed by atoms with Crippen LogP contribution in [0.1, 0.15) is 61.0 Å². The summed E-state index contributed by atoms with van der Waals surface area (Å²) in [5, 5.41) is 3.92. The molecule has 1 aromatic heterocycles. The Morgan fingerprint density at radius 3 is 2.69 bits per heavy atom. The van der Waals surface area contributed by atoms with Crippen LogP contribution < -0.4 is 15.5 Å². The molecule has 1 aromatic carbocycles. The number of halogens is 1. The first-order valence-electron chi connectivity index (χ1n) is 12.7. The molecule has 1 saturated carbocycles. The van der Waals surface area contributed by atoms with Crippen molar-refractivity contribution in [3.63, 3.8) is 0 Å². The van der Waals surface area contributed by atoms with Crippen molar-refractivity contribution in [2.75, 3.05) is 7.05 Å². The van der Waals surface area contributed by atoms with Gasteiger partial charge in [0.1, 0.15) is 6.61 Å². The molecule has 2 heterocycles. The summed E-state index contributed by atoms with van der Waals surface area (Å²) in [7, 11) is 1.79. The maximum atomic E-state index is 13.6. The van der Waals surface area contributed by atoms with Crippen molar-refractivity contribution in [2.45, 2.75) is 69.1 Å². The van der Waals surface area contributed by atoms with Gasteiger partial charge in [0.15, 0.2) is 11.4 Å². The summed E-state index contributed by atoms with van der Waals surface area (Å²) in [5.41, 5.74) is 0.787. The van der Waals surface area contributed by atoms with E-state index < -0.39 is 0 Å². The van der Waals surface area contributed by atoms with E-state index in [1.54, 1.807) is 11.9 Å². The molecule has 4 rings (SSSR count). The summed E-state index contributed by atoms with van der Waals surface area (Å²) in [5.74, 6) is 0.620. The number of benzene rings is 1. The van der Waals surface area contributed by atoms with Gasteiger partial charge in [-0.15, -0.1) is 18.2 Å². The number of allylic oxidation sites excluding steroid dienone is 1.